The first-order chi connectivity index (χ1) is 9.61. The predicted octanol–water partition coefficient (Wildman–Crippen LogP) is 2.50. The Kier molecular flexibility index (Phi) is 9.65. The smallest absolute Gasteiger partial charge is 0.237 e. The minimum atomic E-state index is -0.0640. The summed E-state index contributed by atoms with van der Waals surface area (Å²) in [4.78, 5) is 18.2. The Labute approximate surface area is 142 Å². The molecule has 0 aromatic carbocycles. The monoisotopic (exact) mass is 376 g/mol. The number of pyridine rings is 1. The molecule has 0 atom stereocenters. The standard InChI is InChI=1S/C12H17BrN4O.C2H6.H2S/c1-8-2-3-10(13)11(15-8)17-6-4-9(5-7-17)12(18)16-14;1-2;/h2-3,9H,4-7,14H2,1H3,(H,16,18);1-2H3;1H2. The van der Waals surface area contributed by atoms with Crippen LogP contribution in [0.3, 0.4) is 0 Å². The van der Waals surface area contributed by atoms with Crippen molar-refractivity contribution in [3.63, 3.8) is 0 Å². The summed E-state index contributed by atoms with van der Waals surface area (Å²) in [5, 5.41) is 0. The molecule has 0 unspecified atom stereocenters. The van der Waals surface area contributed by atoms with Crippen LogP contribution >= 0.6 is 29.4 Å². The van der Waals surface area contributed by atoms with Crippen molar-refractivity contribution in [1.29, 1.82) is 0 Å². The van der Waals surface area contributed by atoms with Crippen molar-refractivity contribution in [3.05, 3.63) is 22.3 Å². The number of hydrazine groups is 1. The van der Waals surface area contributed by atoms with Crippen LogP contribution in [0.1, 0.15) is 32.4 Å². The van der Waals surface area contributed by atoms with Crippen LogP contribution in [0.15, 0.2) is 16.6 Å². The first kappa shape index (κ1) is 20.2. The van der Waals surface area contributed by atoms with E-state index in [9.17, 15) is 4.79 Å². The van der Waals surface area contributed by atoms with E-state index >= 15 is 0 Å². The fraction of sp³-hybridized carbons (Fsp3) is 0.571. The molecule has 2 heterocycles. The molecule has 0 bridgehead atoms. The zero-order chi connectivity index (χ0) is 15.1. The van der Waals surface area contributed by atoms with E-state index in [1.807, 2.05) is 32.9 Å². The Morgan fingerprint density at radius 1 is 1.38 bits per heavy atom. The lowest BCUT2D eigenvalue weighted by Crippen LogP contribution is -2.43. The lowest BCUT2D eigenvalue weighted by atomic mass is 9.96. The summed E-state index contributed by atoms with van der Waals surface area (Å²) in [6, 6.07) is 3.98. The summed E-state index contributed by atoms with van der Waals surface area (Å²) in [5.74, 6) is 6.08. The fourth-order valence-corrected chi connectivity index (χ4v) is 2.69. The van der Waals surface area contributed by atoms with E-state index in [0.29, 0.717) is 0 Å². The molecule has 0 radical (unpaired) electrons. The molecule has 1 fully saturated rings. The van der Waals surface area contributed by atoms with Gasteiger partial charge in [0.15, 0.2) is 0 Å². The van der Waals surface area contributed by atoms with Gasteiger partial charge in [0.05, 0.1) is 4.47 Å². The number of nitrogens with one attached hydrogen (secondary N) is 1. The van der Waals surface area contributed by atoms with Crippen LogP contribution in [0.25, 0.3) is 0 Å². The van der Waals surface area contributed by atoms with Crippen molar-refractivity contribution in [2.24, 2.45) is 11.8 Å². The van der Waals surface area contributed by atoms with Crippen molar-refractivity contribution in [2.75, 3.05) is 18.0 Å². The molecular formula is C14H25BrN4OS. The number of carbonyl (C=O) groups excluding carboxylic acids is 1. The molecule has 2 rings (SSSR count). The highest BCUT2D eigenvalue weighted by atomic mass is 79.9. The maximum atomic E-state index is 11.5. The lowest BCUT2D eigenvalue weighted by Gasteiger charge is -2.32. The second-order valence-corrected chi connectivity index (χ2v) is 5.38. The Morgan fingerprint density at radius 3 is 2.48 bits per heavy atom. The van der Waals surface area contributed by atoms with E-state index in [1.165, 1.54) is 0 Å². The Hall–Kier alpha value is -0.790. The zero-order valence-corrected chi connectivity index (χ0v) is 15.4. The summed E-state index contributed by atoms with van der Waals surface area (Å²) in [6.07, 6.45) is 1.62. The van der Waals surface area contributed by atoms with Gasteiger partial charge in [-0.25, -0.2) is 10.8 Å². The first-order valence-corrected chi connectivity index (χ1v) is 7.79. The number of piperidine rings is 1. The van der Waals surface area contributed by atoms with Gasteiger partial charge in [0.25, 0.3) is 0 Å². The van der Waals surface area contributed by atoms with Gasteiger partial charge in [-0.05, 0) is 47.8 Å². The van der Waals surface area contributed by atoms with Crippen LogP contribution in [-0.2, 0) is 4.79 Å². The van der Waals surface area contributed by atoms with Crippen LogP contribution in [0, 0.1) is 12.8 Å². The molecule has 5 nitrogen and oxygen atoms in total. The largest absolute Gasteiger partial charge is 0.356 e. The summed E-state index contributed by atoms with van der Waals surface area (Å²) >= 11 is 3.52. The van der Waals surface area contributed by atoms with Crippen LogP contribution in [0.2, 0.25) is 0 Å². The molecule has 7 heteroatoms. The highest BCUT2D eigenvalue weighted by molar-refractivity contribution is 9.10. The molecule has 120 valence electrons. The molecule has 0 aliphatic carbocycles. The molecule has 1 amide bonds. The molecule has 21 heavy (non-hydrogen) atoms. The molecule has 1 aromatic rings. The maximum absolute atomic E-state index is 11.5. The van der Waals surface area contributed by atoms with Gasteiger partial charge in [-0.2, -0.15) is 13.5 Å². The van der Waals surface area contributed by atoms with Crippen molar-refractivity contribution >= 4 is 41.2 Å². The first-order valence-electron chi connectivity index (χ1n) is 7.00. The second kappa shape index (κ2) is 10.0. The summed E-state index contributed by atoms with van der Waals surface area (Å²) in [6.45, 7) is 7.63. The average molecular weight is 377 g/mol. The molecular weight excluding hydrogens is 352 g/mol. The fourth-order valence-electron chi connectivity index (χ4n) is 2.22. The van der Waals surface area contributed by atoms with Gasteiger partial charge >= 0.3 is 0 Å². The van der Waals surface area contributed by atoms with E-state index < -0.39 is 0 Å². The third-order valence-corrected chi connectivity index (χ3v) is 3.89. The molecule has 0 spiro atoms. The number of rotatable bonds is 2. The quantitative estimate of drug-likeness (QED) is 0.472. The van der Waals surface area contributed by atoms with Crippen LogP contribution in [0.4, 0.5) is 5.82 Å². The van der Waals surface area contributed by atoms with Crippen molar-refractivity contribution in [1.82, 2.24) is 10.4 Å². The number of anilines is 1. The molecule has 1 aliphatic rings. The van der Waals surface area contributed by atoms with E-state index in [1.54, 1.807) is 0 Å². The van der Waals surface area contributed by atoms with Crippen LogP contribution in [0.5, 0.6) is 0 Å². The summed E-state index contributed by atoms with van der Waals surface area (Å²) in [7, 11) is 0. The van der Waals surface area contributed by atoms with E-state index in [-0.39, 0.29) is 25.3 Å². The molecule has 1 aliphatic heterocycles. The Morgan fingerprint density at radius 2 is 1.95 bits per heavy atom. The van der Waals surface area contributed by atoms with E-state index in [2.05, 4.69) is 31.2 Å². The topological polar surface area (TPSA) is 71.2 Å². The SMILES string of the molecule is CC.Cc1ccc(Br)c(N2CCC(C(=O)NN)CC2)n1.S. The van der Waals surface area contributed by atoms with Gasteiger partial charge in [-0.1, -0.05) is 13.8 Å². The minimum absolute atomic E-state index is 0. The van der Waals surface area contributed by atoms with Crippen molar-refractivity contribution in [3.8, 4) is 0 Å². The Bertz CT molecular complexity index is 451. The maximum Gasteiger partial charge on any atom is 0.237 e. The van der Waals surface area contributed by atoms with Gasteiger partial charge in [-0.15, -0.1) is 0 Å². The predicted molar refractivity (Wildman–Crippen MR) is 95.7 cm³/mol. The normalized spacial score (nSPS) is 14.6. The third kappa shape index (κ3) is 5.48. The molecule has 3 N–H and O–H groups in total. The number of amides is 1. The van der Waals surface area contributed by atoms with E-state index in [4.69, 9.17) is 5.84 Å². The van der Waals surface area contributed by atoms with Gasteiger partial charge in [0.2, 0.25) is 5.91 Å². The van der Waals surface area contributed by atoms with Gasteiger partial charge < -0.3 is 4.90 Å². The average Bonchev–Trinajstić information content (AvgIpc) is 2.51. The number of aromatic nitrogens is 1. The Balaban J connectivity index is 0.00000128. The minimum Gasteiger partial charge on any atom is -0.356 e. The molecule has 1 aromatic heterocycles. The summed E-state index contributed by atoms with van der Waals surface area (Å²) < 4.78 is 0.995. The van der Waals surface area contributed by atoms with Gasteiger partial charge in [-0.3, -0.25) is 10.2 Å². The second-order valence-electron chi connectivity index (χ2n) is 4.53. The third-order valence-electron chi connectivity index (χ3n) is 3.27. The van der Waals surface area contributed by atoms with Crippen molar-refractivity contribution in [2.45, 2.75) is 33.6 Å². The van der Waals surface area contributed by atoms with E-state index in [0.717, 1.165) is 41.9 Å². The number of halogens is 1. The highest BCUT2D eigenvalue weighted by Crippen LogP contribution is 2.28. The van der Waals surface area contributed by atoms with Gasteiger partial charge in [0.1, 0.15) is 5.82 Å². The number of nitrogens with two attached hydrogens (primary N) is 1. The number of nitrogens with zero attached hydrogens (tertiary/aromatic N) is 2. The number of carbonyl (C=O) groups is 1. The lowest BCUT2D eigenvalue weighted by molar-refractivity contribution is -0.125. The number of hydrogen-bond acceptors (Lipinski definition) is 4. The molecule has 0 saturated carbocycles. The highest BCUT2D eigenvalue weighted by Gasteiger charge is 2.25. The molecule has 1 saturated heterocycles. The van der Waals surface area contributed by atoms with Crippen LogP contribution < -0.4 is 16.2 Å². The zero-order valence-electron chi connectivity index (χ0n) is 12.8. The van der Waals surface area contributed by atoms with Gasteiger partial charge in [0, 0.05) is 24.7 Å². The summed E-state index contributed by atoms with van der Waals surface area (Å²) in [5.41, 5.74) is 3.22. The van der Waals surface area contributed by atoms with Crippen molar-refractivity contribution < 1.29 is 4.79 Å². The van der Waals surface area contributed by atoms with Crippen LogP contribution in [-0.4, -0.2) is 24.0 Å². The number of aryl methyl sites for hydroxylation is 1. The number of hydrogen-bond donors (Lipinski definition) is 2.